The second kappa shape index (κ2) is 9.50. The summed E-state index contributed by atoms with van der Waals surface area (Å²) < 4.78 is 19.8. The van der Waals surface area contributed by atoms with Crippen molar-refractivity contribution < 1.29 is 18.4 Å². The monoisotopic (exact) mass is 476 g/mol. The molecule has 0 radical (unpaired) electrons. The van der Waals surface area contributed by atoms with Crippen LogP contribution in [0, 0.1) is 6.92 Å². The third-order valence-electron chi connectivity index (χ3n) is 6.38. The smallest absolute Gasteiger partial charge is 0.274 e. The van der Waals surface area contributed by atoms with E-state index in [0.29, 0.717) is 36.1 Å². The number of rotatable bonds is 6. The normalized spacial score (nSPS) is 18.4. The fraction of sp³-hybridized carbons (Fsp3) is 0.296. The average Bonchev–Trinajstić information content (AvgIpc) is 3.49. The molecule has 2 unspecified atom stereocenters. The Balaban J connectivity index is 1.37. The molecule has 0 spiro atoms. The summed E-state index contributed by atoms with van der Waals surface area (Å²) in [6.07, 6.45) is 2.18. The molecule has 2 atom stereocenters. The number of fused-ring (bicyclic) bond motifs is 1. The Morgan fingerprint density at radius 3 is 2.76 bits per heavy atom. The highest BCUT2D eigenvalue weighted by Crippen LogP contribution is 2.33. The van der Waals surface area contributed by atoms with E-state index in [4.69, 9.17) is 4.42 Å². The second-order valence-electron chi connectivity index (χ2n) is 8.66. The molecular formula is C27H25FN2O3S. The van der Waals surface area contributed by atoms with E-state index < -0.39 is 6.17 Å². The standard InChI is InChI=1S/C27H25FN2O3S/c1-17-29-25(26(34-17)18-6-3-2-4-7-18)27(32)30-16-19(28)10-11-20(30)12-13-23(31)21-8-5-9-24-22(21)14-15-33-24/h2-9,14-15,19-20H,10-13,16H2,1H3. The van der Waals surface area contributed by atoms with Crippen LogP contribution < -0.4 is 0 Å². The minimum Gasteiger partial charge on any atom is -0.464 e. The molecule has 1 amide bonds. The van der Waals surface area contributed by atoms with Crippen LogP contribution >= 0.6 is 11.3 Å². The average molecular weight is 477 g/mol. The first-order chi connectivity index (χ1) is 16.5. The van der Waals surface area contributed by atoms with Gasteiger partial charge < -0.3 is 9.32 Å². The van der Waals surface area contributed by atoms with E-state index in [1.807, 2.05) is 43.3 Å². The number of hydrogen-bond acceptors (Lipinski definition) is 5. The summed E-state index contributed by atoms with van der Waals surface area (Å²) in [5.74, 6) is -0.267. The van der Waals surface area contributed by atoms with Gasteiger partial charge in [-0.1, -0.05) is 42.5 Å². The number of furan rings is 1. The zero-order valence-electron chi connectivity index (χ0n) is 18.9. The van der Waals surface area contributed by atoms with Crippen LogP contribution in [-0.4, -0.2) is 40.3 Å². The number of amides is 1. The van der Waals surface area contributed by atoms with Crippen molar-refractivity contribution in [2.45, 2.75) is 44.8 Å². The fourth-order valence-corrected chi connectivity index (χ4v) is 5.61. The van der Waals surface area contributed by atoms with Crippen molar-refractivity contribution in [1.82, 2.24) is 9.88 Å². The van der Waals surface area contributed by atoms with Gasteiger partial charge in [0.1, 0.15) is 17.4 Å². The summed E-state index contributed by atoms with van der Waals surface area (Å²) in [4.78, 5) is 33.6. The number of aryl methyl sites for hydroxylation is 1. The van der Waals surface area contributed by atoms with Gasteiger partial charge >= 0.3 is 0 Å². The van der Waals surface area contributed by atoms with Crippen molar-refractivity contribution in [2.24, 2.45) is 0 Å². The van der Waals surface area contributed by atoms with Gasteiger partial charge in [-0.3, -0.25) is 9.59 Å². The minimum absolute atomic E-state index is 0.00347. The zero-order valence-corrected chi connectivity index (χ0v) is 19.7. The van der Waals surface area contributed by atoms with Gasteiger partial charge in [-0.2, -0.15) is 0 Å². The lowest BCUT2D eigenvalue weighted by Crippen LogP contribution is -2.48. The van der Waals surface area contributed by atoms with Crippen molar-refractivity contribution in [3.63, 3.8) is 0 Å². The predicted octanol–water partition coefficient (Wildman–Crippen LogP) is 6.47. The molecule has 174 valence electrons. The maximum absolute atomic E-state index is 14.4. The van der Waals surface area contributed by atoms with Crippen LogP contribution in [0.15, 0.2) is 65.3 Å². The molecule has 4 aromatic rings. The molecular weight excluding hydrogens is 451 g/mol. The van der Waals surface area contributed by atoms with E-state index >= 15 is 0 Å². The highest BCUT2D eigenvalue weighted by Gasteiger charge is 2.34. The molecule has 2 aromatic heterocycles. The van der Waals surface area contributed by atoms with Gasteiger partial charge in [0, 0.05) is 23.4 Å². The number of aromatic nitrogens is 1. The molecule has 1 saturated heterocycles. The Morgan fingerprint density at radius 1 is 1.12 bits per heavy atom. The van der Waals surface area contributed by atoms with Crippen molar-refractivity contribution in [1.29, 1.82) is 0 Å². The van der Waals surface area contributed by atoms with Crippen LogP contribution in [-0.2, 0) is 0 Å². The van der Waals surface area contributed by atoms with E-state index in [-0.39, 0.29) is 30.7 Å². The first-order valence-corrected chi connectivity index (χ1v) is 12.3. The summed E-state index contributed by atoms with van der Waals surface area (Å²) in [5, 5.41) is 1.58. The number of ketones is 1. The maximum Gasteiger partial charge on any atom is 0.274 e. The van der Waals surface area contributed by atoms with E-state index in [1.54, 1.807) is 29.4 Å². The number of piperidine rings is 1. The number of nitrogens with zero attached hydrogens (tertiary/aromatic N) is 2. The third-order valence-corrected chi connectivity index (χ3v) is 7.40. The van der Waals surface area contributed by atoms with Gasteiger partial charge in [0.05, 0.1) is 22.7 Å². The Hall–Kier alpha value is -3.32. The number of likely N-dealkylation sites (tertiary alicyclic amines) is 1. The SMILES string of the molecule is Cc1nc(C(=O)N2CC(F)CCC2CCC(=O)c2cccc3occc23)c(-c2ccccc2)s1. The van der Waals surface area contributed by atoms with Crippen LogP contribution in [0.2, 0.25) is 0 Å². The molecule has 1 fully saturated rings. The van der Waals surface area contributed by atoms with Gasteiger partial charge in [0.25, 0.3) is 5.91 Å². The van der Waals surface area contributed by atoms with Crippen molar-refractivity contribution in [2.75, 3.05) is 6.54 Å². The number of alkyl halides is 1. The van der Waals surface area contributed by atoms with Gasteiger partial charge in [-0.05, 0) is 43.9 Å². The first kappa shape index (κ1) is 22.5. The molecule has 5 rings (SSSR count). The van der Waals surface area contributed by atoms with Crippen LogP contribution in [0.25, 0.3) is 21.4 Å². The molecule has 34 heavy (non-hydrogen) atoms. The molecule has 3 heterocycles. The van der Waals surface area contributed by atoms with Crippen LogP contribution in [0.4, 0.5) is 4.39 Å². The summed E-state index contributed by atoms with van der Waals surface area (Å²) >= 11 is 1.46. The quantitative estimate of drug-likeness (QED) is 0.299. The Labute approximate surface area is 201 Å². The van der Waals surface area contributed by atoms with Crippen LogP contribution in [0.3, 0.4) is 0 Å². The number of carbonyl (C=O) groups is 2. The van der Waals surface area contributed by atoms with E-state index in [9.17, 15) is 14.0 Å². The minimum atomic E-state index is -1.07. The molecule has 1 aliphatic heterocycles. The molecule has 5 nitrogen and oxygen atoms in total. The van der Waals surface area contributed by atoms with Crippen molar-refractivity contribution in [3.8, 4) is 10.4 Å². The lowest BCUT2D eigenvalue weighted by molar-refractivity contribution is 0.0449. The summed E-state index contributed by atoms with van der Waals surface area (Å²) in [5.41, 5.74) is 2.57. The Bertz CT molecular complexity index is 1330. The van der Waals surface area contributed by atoms with Crippen LogP contribution in [0.5, 0.6) is 0 Å². The molecule has 1 aliphatic rings. The molecule has 2 aromatic carbocycles. The number of carbonyl (C=O) groups excluding carboxylic acids is 2. The van der Waals surface area contributed by atoms with Gasteiger partial charge in [-0.15, -0.1) is 11.3 Å². The lowest BCUT2D eigenvalue weighted by Gasteiger charge is -2.37. The highest BCUT2D eigenvalue weighted by molar-refractivity contribution is 7.15. The Kier molecular flexibility index (Phi) is 6.28. The lowest BCUT2D eigenvalue weighted by atomic mass is 9.93. The fourth-order valence-electron chi connectivity index (χ4n) is 4.69. The number of benzene rings is 2. The molecule has 0 bridgehead atoms. The van der Waals surface area contributed by atoms with E-state index in [2.05, 4.69) is 4.98 Å². The number of hydrogen-bond donors (Lipinski definition) is 0. The maximum atomic E-state index is 14.4. The summed E-state index contributed by atoms with van der Waals surface area (Å²) in [7, 11) is 0. The summed E-state index contributed by atoms with van der Waals surface area (Å²) in [6.45, 7) is 1.90. The van der Waals surface area contributed by atoms with Gasteiger partial charge in [0.2, 0.25) is 0 Å². The number of Topliss-reactive ketones (excluding diaryl/α,β-unsaturated/α-hetero) is 1. The zero-order chi connectivity index (χ0) is 23.7. The largest absolute Gasteiger partial charge is 0.464 e. The van der Waals surface area contributed by atoms with Crippen LogP contribution in [0.1, 0.15) is 51.5 Å². The first-order valence-electron chi connectivity index (χ1n) is 11.5. The predicted molar refractivity (Wildman–Crippen MR) is 131 cm³/mol. The molecule has 0 saturated carbocycles. The number of thiazole rings is 1. The van der Waals surface area contributed by atoms with Crippen molar-refractivity contribution >= 4 is 34.0 Å². The topological polar surface area (TPSA) is 63.4 Å². The van der Waals surface area contributed by atoms with E-state index in [0.717, 1.165) is 20.8 Å². The third kappa shape index (κ3) is 4.40. The molecule has 7 heteroatoms. The Morgan fingerprint density at radius 2 is 1.94 bits per heavy atom. The van der Waals surface area contributed by atoms with Gasteiger partial charge in [0.15, 0.2) is 5.78 Å². The number of halogens is 1. The van der Waals surface area contributed by atoms with Crippen molar-refractivity contribution in [3.05, 3.63) is 77.1 Å². The molecule has 0 N–H and O–H groups in total. The van der Waals surface area contributed by atoms with E-state index in [1.165, 1.54) is 11.3 Å². The van der Waals surface area contributed by atoms with Gasteiger partial charge in [-0.25, -0.2) is 9.37 Å². The summed E-state index contributed by atoms with van der Waals surface area (Å²) in [6, 6.07) is 16.7. The highest BCUT2D eigenvalue weighted by atomic mass is 32.1. The second-order valence-corrected chi connectivity index (χ2v) is 9.87. The molecule has 0 aliphatic carbocycles.